The van der Waals surface area contributed by atoms with Crippen LogP contribution in [0.2, 0.25) is 5.02 Å². The van der Waals surface area contributed by atoms with Crippen LogP contribution in [0, 0.1) is 6.92 Å². The van der Waals surface area contributed by atoms with Crippen molar-refractivity contribution in [3.8, 4) is 17.1 Å². The van der Waals surface area contributed by atoms with E-state index < -0.39 is 0 Å². The van der Waals surface area contributed by atoms with Crippen LogP contribution in [0.1, 0.15) is 11.3 Å². The number of nitrogens with one attached hydrogen (secondary N) is 1. The number of thioether (sulfide) groups is 1. The van der Waals surface area contributed by atoms with Gasteiger partial charge in [0.25, 0.3) is 0 Å². The van der Waals surface area contributed by atoms with Gasteiger partial charge in [-0.1, -0.05) is 35.5 Å². The number of amides is 1. The van der Waals surface area contributed by atoms with Gasteiger partial charge in [0.15, 0.2) is 5.82 Å². The number of ether oxygens (including phenoxy) is 1. The number of aromatic nitrogens is 2. The minimum Gasteiger partial charge on any atom is -0.497 e. The van der Waals surface area contributed by atoms with Gasteiger partial charge < -0.3 is 10.1 Å². The molecule has 1 heterocycles. The van der Waals surface area contributed by atoms with Crippen LogP contribution in [0.15, 0.2) is 59.6 Å². The van der Waals surface area contributed by atoms with Gasteiger partial charge in [-0.05, 0) is 55.0 Å². The second-order valence-corrected chi connectivity index (χ2v) is 7.52. The summed E-state index contributed by atoms with van der Waals surface area (Å²) in [6.45, 7) is 2.38. The zero-order chi connectivity index (χ0) is 19.9. The monoisotopic (exact) mass is 413 g/mol. The van der Waals surface area contributed by atoms with E-state index in [9.17, 15) is 4.79 Å². The maximum Gasteiger partial charge on any atom is 0.230 e. The van der Waals surface area contributed by atoms with Crippen molar-refractivity contribution in [3.05, 3.63) is 70.9 Å². The number of benzene rings is 2. The van der Waals surface area contributed by atoms with Crippen molar-refractivity contribution in [3.63, 3.8) is 0 Å². The fourth-order valence-corrected chi connectivity index (χ4v) is 3.39. The molecule has 0 aliphatic rings. The Balaban J connectivity index is 1.59. The lowest BCUT2D eigenvalue weighted by Gasteiger charge is -2.08. The van der Waals surface area contributed by atoms with Crippen LogP contribution in [0.25, 0.3) is 11.4 Å². The SMILES string of the molecule is COc1ccc(-c2nc(C)cc(SCC(=O)NCc3ccc(Cl)cc3)n2)cc1. The molecule has 0 saturated carbocycles. The van der Waals surface area contributed by atoms with Crippen molar-refractivity contribution >= 4 is 29.3 Å². The fraction of sp³-hybridized carbons (Fsp3) is 0.190. The minimum absolute atomic E-state index is 0.0535. The standard InChI is InChI=1S/C21H20ClN3O2S/c1-14-11-20(25-21(24-14)16-5-9-18(27-2)10-6-16)28-13-19(26)23-12-15-3-7-17(22)8-4-15/h3-11H,12-13H2,1-2H3,(H,23,26). The third-order valence-corrected chi connectivity index (χ3v) is 5.10. The summed E-state index contributed by atoms with van der Waals surface area (Å²) in [5, 5.41) is 4.34. The second kappa shape index (κ2) is 9.57. The maximum absolute atomic E-state index is 12.2. The molecule has 1 aromatic heterocycles. The summed E-state index contributed by atoms with van der Waals surface area (Å²) in [5.74, 6) is 1.64. The van der Waals surface area contributed by atoms with Crippen molar-refractivity contribution < 1.29 is 9.53 Å². The third kappa shape index (κ3) is 5.71. The van der Waals surface area contributed by atoms with E-state index in [-0.39, 0.29) is 11.7 Å². The summed E-state index contributed by atoms with van der Waals surface area (Å²) < 4.78 is 5.18. The van der Waals surface area contributed by atoms with Gasteiger partial charge in [0.2, 0.25) is 5.91 Å². The third-order valence-electron chi connectivity index (χ3n) is 3.93. The van der Waals surface area contributed by atoms with Gasteiger partial charge in [-0.25, -0.2) is 9.97 Å². The maximum atomic E-state index is 12.2. The van der Waals surface area contributed by atoms with Crippen molar-refractivity contribution in [1.82, 2.24) is 15.3 Å². The van der Waals surface area contributed by atoms with E-state index in [0.29, 0.717) is 17.4 Å². The van der Waals surface area contributed by atoms with Crippen LogP contribution < -0.4 is 10.1 Å². The Labute approximate surface area is 173 Å². The number of hydrogen-bond acceptors (Lipinski definition) is 5. The molecule has 0 unspecified atom stereocenters. The predicted octanol–water partition coefficient (Wildman–Crippen LogP) is 4.52. The molecule has 0 spiro atoms. The summed E-state index contributed by atoms with van der Waals surface area (Å²) in [7, 11) is 1.63. The number of carbonyl (C=O) groups is 1. The Bertz CT molecular complexity index is 947. The molecule has 0 aliphatic carbocycles. The Morgan fingerprint density at radius 1 is 1.11 bits per heavy atom. The van der Waals surface area contributed by atoms with Crippen molar-refractivity contribution in [2.75, 3.05) is 12.9 Å². The largest absolute Gasteiger partial charge is 0.497 e. The fourth-order valence-electron chi connectivity index (χ4n) is 2.48. The molecule has 28 heavy (non-hydrogen) atoms. The highest BCUT2D eigenvalue weighted by Crippen LogP contribution is 2.23. The normalized spacial score (nSPS) is 10.5. The molecular formula is C21H20ClN3O2S. The molecule has 2 aromatic carbocycles. The zero-order valence-electron chi connectivity index (χ0n) is 15.6. The molecule has 3 rings (SSSR count). The minimum atomic E-state index is -0.0535. The predicted molar refractivity (Wildman–Crippen MR) is 113 cm³/mol. The highest BCUT2D eigenvalue weighted by atomic mass is 35.5. The van der Waals surface area contributed by atoms with E-state index in [1.54, 1.807) is 7.11 Å². The lowest BCUT2D eigenvalue weighted by Crippen LogP contribution is -2.24. The van der Waals surface area contributed by atoms with Crippen LogP contribution >= 0.6 is 23.4 Å². The van der Waals surface area contributed by atoms with Crippen LogP contribution in [0.5, 0.6) is 5.75 Å². The summed E-state index contributed by atoms with van der Waals surface area (Å²) >= 11 is 7.26. The van der Waals surface area contributed by atoms with E-state index >= 15 is 0 Å². The smallest absolute Gasteiger partial charge is 0.230 e. The number of aryl methyl sites for hydroxylation is 1. The summed E-state index contributed by atoms with van der Waals surface area (Å²) in [5.41, 5.74) is 2.76. The molecular weight excluding hydrogens is 394 g/mol. The van der Waals surface area contributed by atoms with Crippen LogP contribution in [0.3, 0.4) is 0 Å². The molecule has 5 nitrogen and oxygen atoms in total. The Morgan fingerprint density at radius 2 is 1.82 bits per heavy atom. The van der Waals surface area contributed by atoms with Gasteiger partial charge in [0, 0.05) is 22.8 Å². The summed E-state index contributed by atoms with van der Waals surface area (Å²) in [4.78, 5) is 21.2. The molecule has 0 radical (unpaired) electrons. The molecule has 0 bridgehead atoms. The van der Waals surface area contributed by atoms with Gasteiger partial charge in [0.1, 0.15) is 10.8 Å². The summed E-state index contributed by atoms with van der Waals surface area (Å²) in [6.07, 6.45) is 0. The number of methoxy groups -OCH3 is 1. The van der Waals surface area contributed by atoms with Crippen molar-refractivity contribution in [2.24, 2.45) is 0 Å². The van der Waals surface area contributed by atoms with Gasteiger partial charge in [0.05, 0.1) is 12.9 Å². The topological polar surface area (TPSA) is 64.1 Å². The summed E-state index contributed by atoms with van der Waals surface area (Å²) in [6, 6.07) is 16.9. The average Bonchev–Trinajstić information content (AvgIpc) is 2.71. The second-order valence-electron chi connectivity index (χ2n) is 6.09. The van der Waals surface area contributed by atoms with Gasteiger partial charge in [-0.3, -0.25) is 4.79 Å². The quantitative estimate of drug-likeness (QED) is 0.455. The van der Waals surface area contributed by atoms with E-state index in [4.69, 9.17) is 16.3 Å². The molecule has 7 heteroatoms. The van der Waals surface area contributed by atoms with Gasteiger partial charge >= 0.3 is 0 Å². The Morgan fingerprint density at radius 3 is 2.50 bits per heavy atom. The molecule has 3 aromatic rings. The molecule has 1 N–H and O–H groups in total. The van der Waals surface area contributed by atoms with Crippen molar-refractivity contribution in [1.29, 1.82) is 0 Å². The van der Waals surface area contributed by atoms with Gasteiger partial charge in [-0.15, -0.1) is 0 Å². The van der Waals surface area contributed by atoms with Crippen molar-refractivity contribution in [2.45, 2.75) is 18.5 Å². The first-order chi connectivity index (χ1) is 13.5. The molecule has 0 saturated heterocycles. The van der Waals surface area contributed by atoms with Crippen LogP contribution in [-0.4, -0.2) is 28.7 Å². The Hall–Kier alpha value is -2.57. The van der Waals surface area contributed by atoms with Crippen LogP contribution in [0.4, 0.5) is 0 Å². The van der Waals surface area contributed by atoms with E-state index in [2.05, 4.69) is 15.3 Å². The number of halogens is 1. The average molecular weight is 414 g/mol. The van der Waals surface area contributed by atoms with E-state index in [1.165, 1.54) is 11.8 Å². The Kier molecular flexibility index (Phi) is 6.90. The van der Waals surface area contributed by atoms with Gasteiger partial charge in [-0.2, -0.15) is 0 Å². The first-order valence-corrected chi connectivity index (χ1v) is 10.0. The number of rotatable bonds is 7. The number of hydrogen-bond donors (Lipinski definition) is 1. The molecule has 0 aliphatic heterocycles. The lowest BCUT2D eigenvalue weighted by atomic mass is 10.2. The highest BCUT2D eigenvalue weighted by Gasteiger charge is 2.09. The molecule has 1 amide bonds. The number of carbonyl (C=O) groups excluding carboxylic acids is 1. The first kappa shape index (κ1) is 20.2. The zero-order valence-corrected chi connectivity index (χ0v) is 17.2. The number of nitrogens with zero attached hydrogens (tertiary/aromatic N) is 2. The van der Waals surface area contributed by atoms with E-state index in [0.717, 1.165) is 27.6 Å². The lowest BCUT2D eigenvalue weighted by molar-refractivity contribution is -0.118. The molecule has 0 atom stereocenters. The molecule has 144 valence electrons. The van der Waals surface area contributed by atoms with Crippen LogP contribution in [-0.2, 0) is 11.3 Å². The highest BCUT2D eigenvalue weighted by molar-refractivity contribution is 7.99. The van der Waals surface area contributed by atoms with E-state index in [1.807, 2.05) is 61.5 Å². The molecule has 0 fully saturated rings. The first-order valence-electron chi connectivity index (χ1n) is 8.67.